The monoisotopic (exact) mass is 451 g/mol. The number of nitrogens with zero attached hydrogens (tertiary/aromatic N) is 3. The van der Waals surface area contributed by atoms with Crippen molar-refractivity contribution in [2.24, 2.45) is 0 Å². The van der Waals surface area contributed by atoms with Crippen LogP contribution < -0.4 is 10.6 Å². The number of benzene rings is 1. The van der Waals surface area contributed by atoms with E-state index in [-0.39, 0.29) is 12.5 Å². The van der Waals surface area contributed by atoms with Crippen LogP contribution in [0.5, 0.6) is 0 Å². The average molecular weight is 452 g/mol. The Hall–Kier alpha value is -3.52. The fourth-order valence-corrected chi connectivity index (χ4v) is 3.16. The number of ether oxygens (including phenoxy) is 1. The Morgan fingerprint density at radius 1 is 1.06 bits per heavy atom. The number of hydrogen-bond acceptors (Lipinski definition) is 6. The molecule has 0 saturated heterocycles. The van der Waals surface area contributed by atoms with Gasteiger partial charge in [0, 0.05) is 30.6 Å². The molecule has 176 valence electrons. The number of aryl methyl sites for hydroxylation is 1. The number of esters is 1. The number of nitrogens with one attached hydrogen (secondary N) is 2. The maximum atomic E-state index is 13.1. The van der Waals surface area contributed by atoms with Crippen molar-refractivity contribution in [2.45, 2.75) is 46.7 Å². The number of anilines is 1. The first-order valence-electron chi connectivity index (χ1n) is 11.3. The van der Waals surface area contributed by atoms with E-state index in [2.05, 4.69) is 20.7 Å². The minimum atomic E-state index is -0.614. The summed E-state index contributed by atoms with van der Waals surface area (Å²) in [7, 11) is 0. The Balaban J connectivity index is 0.00000187. The van der Waals surface area contributed by atoms with Crippen LogP contribution in [0.2, 0.25) is 0 Å². The molecule has 0 saturated carbocycles. The van der Waals surface area contributed by atoms with Crippen LogP contribution in [0.4, 0.5) is 5.82 Å². The minimum absolute atomic E-state index is 0.0476. The SMILES string of the molecule is CC.CCOC(=O)CNC(Cc1ccccc1)C(=O)Nc1cc(-c2ccncc2)nn1CC. The molecular weight excluding hydrogens is 418 g/mol. The highest BCUT2D eigenvalue weighted by atomic mass is 16.5. The first-order chi connectivity index (χ1) is 16.1. The van der Waals surface area contributed by atoms with E-state index in [1.807, 2.05) is 69.3 Å². The van der Waals surface area contributed by atoms with Crippen molar-refractivity contribution in [2.75, 3.05) is 18.5 Å². The molecule has 1 atom stereocenters. The lowest BCUT2D eigenvalue weighted by molar-refractivity contribution is -0.142. The van der Waals surface area contributed by atoms with Gasteiger partial charge in [0.2, 0.25) is 5.91 Å². The smallest absolute Gasteiger partial charge is 0.319 e. The van der Waals surface area contributed by atoms with Crippen molar-refractivity contribution in [1.29, 1.82) is 0 Å². The molecule has 8 nitrogen and oxygen atoms in total. The minimum Gasteiger partial charge on any atom is -0.465 e. The third kappa shape index (κ3) is 7.84. The summed E-state index contributed by atoms with van der Waals surface area (Å²) in [5.41, 5.74) is 2.65. The summed E-state index contributed by atoms with van der Waals surface area (Å²) in [6.45, 7) is 8.55. The number of carbonyl (C=O) groups excluding carboxylic acids is 2. The van der Waals surface area contributed by atoms with E-state index in [0.717, 1.165) is 16.8 Å². The first kappa shape index (κ1) is 25.7. The van der Waals surface area contributed by atoms with Gasteiger partial charge in [0.1, 0.15) is 5.82 Å². The lowest BCUT2D eigenvalue weighted by Gasteiger charge is -2.18. The van der Waals surface area contributed by atoms with Crippen LogP contribution in [0, 0.1) is 0 Å². The average Bonchev–Trinajstić information content (AvgIpc) is 3.27. The molecule has 2 aromatic heterocycles. The van der Waals surface area contributed by atoms with Crippen molar-refractivity contribution in [3.8, 4) is 11.3 Å². The standard InChI is InChI=1S/C23H27N5O3.C2H6/c1-3-28-21(15-19(27-28)18-10-12-24-13-11-18)26-23(30)20(25-16-22(29)31-4-2)14-17-8-6-5-7-9-17;1-2/h5-13,15,20,25H,3-4,14,16H2,1-2H3,(H,26,30);1-2H3. The highest BCUT2D eigenvalue weighted by Crippen LogP contribution is 2.21. The summed E-state index contributed by atoms with van der Waals surface area (Å²) in [5, 5.41) is 10.6. The molecule has 1 aromatic carbocycles. The number of rotatable bonds is 10. The fourth-order valence-electron chi connectivity index (χ4n) is 3.16. The highest BCUT2D eigenvalue weighted by Gasteiger charge is 2.22. The van der Waals surface area contributed by atoms with Crippen LogP contribution in [-0.4, -0.2) is 45.8 Å². The van der Waals surface area contributed by atoms with Gasteiger partial charge in [-0.1, -0.05) is 44.2 Å². The molecule has 2 N–H and O–H groups in total. The molecule has 0 radical (unpaired) electrons. The van der Waals surface area contributed by atoms with Gasteiger partial charge in [-0.25, -0.2) is 4.68 Å². The van der Waals surface area contributed by atoms with Gasteiger partial charge in [0.25, 0.3) is 0 Å². The van der Waals surface area contributed by atoms with Gasteiger partial charge < -0.3 is 10.1 Å². The molecule has 0 aliphatic carbocycles. The van der Waals surface area contributed by atoms with Gasteiger partial charge in [-0.15, -0.1) is 0 Å². The molecule has 1 amide bonds. The van der Waals surface area contributed by atoms with E-state index in [1.165, 1.54) is 0 Å². The van der Waals surface area contributed by atoms with Crippen molar-refractivity contribution in [1.82, 2.24) is 20.1 Å². The van der Waals surface area contributed by atoms with E-state index < -0.39 is 12.0 Å². The second kappa shape index (κ2) is 13.8. The Morgan fingerprint density at radius 3 is 2.39 bits per heavy atom. The van der Waals surface area contributed by atoms with Gasteiger partial charge >= 0.3 is 5.97 Å². The highest BCUT2D eigenvalue weighted by molar-refractivity contribution is 5.95. The third-order valence-corrected chi connectivity index (χ3v) is 4.70. The number of carbonyl (C=O) groups is 2. The Bertz CT molecular complexity index is 990. The van der Waals surface area contributed by atoms with Crippen LogP contribution in [-0.2, 0) is 27.3 Å². The molecule has 0 aliphatic rings. The van der Waals surface area contributed by atoms with E-state index in [0.29, 0.717) is 25.4 Å². The molecule has 0 bridgehead atoms. The summed E-state index contributed by atoms with van der Waals surface area (Å²) >= 11 is 0. The first-order valence-corrected chi connectivity index (χ1v) is 11.3. The predicted molar refractivity (Wildman–Crippen MR) is 130 cm³/mol. The van der Waals surface area contributed by atoms with Crippen molar-refractivity contribution in [3.05, 3.63) is 66.5 Å². The molecule has 8 heteroatoms. The summed E-state index contributed by atoms with van der Waals surface area (Å²) in [6, 6.07) is 14.6. The van der Waals surface area contributed by atoms with Crippen molar-refractivity contribution in [3.63, 3.8) is 0 Å². The number of pyridine rings is 1. The number of amides is 1. The maximum Gasteiger partial charge on any atom is 0.319 e. The second-order valence-electron chi connectivity index (χ2n) is 6.88. The predicted octanol–water partition coefficient (Wildman–Crippen LogP) is 3.69. The van der Waals surface area contributed by atoms with Gasteiger partial charge in [0.05, 0.1) is 24.9 Å². The Labute approximate surface area is 195 Å². The molecule has 33 heavy (non-hydrogen) atoms. The van der Waals surface area contributed by atoms with Crippen molar-refractivity contribution >= 4 is 17.7 Å². The zero-order valence-corrected chi connectivity index (χ0v) is 19.7. The second-order valence-corrected chi connectivity index (χ2v) is 6.88. The Kier molecular flexibility index (Phi) is 10.8. The fraction of sp³-hybridized carbons (Fsp3) is 0.360. The van der Waals surface area contributed by atoms with Gasteiger partial charge in [-0.05, 0) is 38.0 Å². The Morgan fingerprint density at radius 2 is 1.76 bits per heavy atom. The van der Waals surface area contributed by atoms with Crippen LogP contribution in [0.3, 0.4) is 0 Å². The van der Waals surface area contributed by atoms with Crippen LogP contribution in [0.1, 0.15) is 33.3 Å². The summed E-state index contributed by atoms with van der Waals surface area (Å²) in [6.07, 6.45) is 3.84. The third-order valence-electron chi connectivity index (χ3n) is 4.70. The molecule has 0 fully saturated rings. The molecule has 0 aliphatic heterocycles. The van der Waals surface area contributed by atoms with Gasteiger partial charge in [-0.2, -0.15) is 5.10 Å². The van der Waals surface area contributed by atoms with E-state index in [4.69, 9.17) is 4.74 Å². The zero-order chi connectivity index (χ0) is 24.1. The van der Waals surface area contributed by atoms with E-state index >= 15 is 0 Å². The molecule has 0 spiro atoms. The molecule has 2 heterocycles. The quantitative estimate of drug-likeness (QED) is 0.456. The van der Waals surface area contributed by atoms with Crippen molar-refractivity contribution < 1.29 is 14.3 Å². The normalized spacial score (nSPS) is 11.2. The van der Waals surface area contributed by atoms with E-state index in [9.17, 15) is 9.59 Å². The van der Waals surface area contributed by atoms with E-state index in [1.54, 1.807) is 24.0 Å². The summed E-state index contributed by atoms with van der Waals surface area (Å²) in [5.74, 6) is -0.0497. The topological polar surface area (TPSA) is 98.1 Å². The number of aromatic nitrogens is 3. The van der Waals surface area contributed by atoms with Crippen LogP contribution >= 0.6 is 0 Å². The molecular formula is C25H33N5O3. The lowest BCUT2D eigenvalue weighted by Crippen LogP contribution is -2.45. The molecule has 1 unspecified atom stereocenters. The zero-order valence-electron chi connectivity index (χ0n) is 19.7. The van der Waals surface area contributed by atoms with Crippen LogP contribution in [0.25, 0.3) is 11.3 Å². The lowest BCUT2D eigenvalue weighted by atomic mass is 10.1. The van der Waals surface area contributed by atoms with Crippen LogP contribution in [0.15, 0.2) is 60.9 Å². The summed E-state index contributed by atoms with van der Waals surface area (Å²) < 4.78 is 6.71. The number of hydrogen-bond donors (Lipinski definition) is 2. The maximum absolute atomic E-state index is 13.1. The summed E-state index contributed by atoms with van der Waals surface area (Å²) in [4.78, 5) is 29.0. The molecule has 3 aromatic rings. The molecule has 3 rings (SSSR count). The van der Waals surface area contributed by atoms with Gasteiger partial charge in [-0.3, -0.25) is 19.9 Å². The largest absolute Gasteiger partial charge is 0.465 e. The van der Waals surface area contributed by atoms with Gasteiger partial charge in [0.15, 0.2) is 0 Å².